The maximum absolute atomic E-state index is 12.6. The predicted octanol–water partition coefficient (Wildman–Crippen LogP) is 0.451. The van der Waals surface area contributed by atoms with Crippen molar-refractivity contribution in [2.24, 2.45) is 0 Å². The molecule has 0 spiro atoms. The summed E-state index contributed by atoms with van der Waals surface area (Å²) in [5, 5.41) is 6.02. The van der Waals surface area contributed by atoms with Crippen LogP contribution < -0.4 is 15.4 Å². The van der Waals surface area contributed by atoms with Crippen LogP contribution in [0.15, 0.2) is 18.2 Å². The first kappa shape index (κ1) is 12.9. The lowest BCUT2D eigenvalue weighted by Crippen LogP contribution is -2.51. The van der Waals surface area contributed by atoms with Crippen LogP contribution >= 0.6 is 0 Å². The molecule has 2 amide bonds. The molecule has 1 saturated heterocycles. The second kappa shape index (κ2) is 5.13. The van der Waals surface area contributed by atoms with Gasteiger partial charge in [0.15, 0.2) is 12.4 Å². The van der Waals surface area contributed by atoms with Crippen molar-refractivity contribution in [3.8, 4) is 5.75 Å². The number of nitrogens with one attached hydrogen (secondary N) is 2. The summed E-state index contributed by atoms with van der Waals surface area (Å²) >= 11 is 0. The Labute approximate surface area is 117 Å². The van der Waals surface area contributed by atoms with Gasteiger partial charge in [-0.3, -0.25) is 9.59 Å². The summed E-state index contributed by atoms with van der Waals surface area (Å²) in [5.74, 6) is 0.229. The van der Waals surface area contributed by atoms with Crippen LogP contribution in [0.3, 0.4) is 0 Å². The number of amides is 2. The average molecular weight is 275 g/mol. The van der Waals surface area contributed by atoms with Crippen LogP contribution in [0.2, 0.25) is 0 Å². The summed E-state index contributed by atoms with van der Waals surface area (Å²) < 4.78 is 5.43. The smallest absolute Gasteiger partial charge is 0.262 e. The van der Waals surface area contributed by atoms with Crippen LogP contribution in [0.5, 0.6) is 5.75 Å². The van der Waals surface area contributed by atoms with E-state index in [4.69, 9.17) is 4.74 Å². The highest BCUT2D eigenvalue weighted by Crippen LogP contribution is 2.32. The van der Waals surface area contributed by atoms with Gasteiger partial charge in [-0.1, -0.05) is 6.07 Å². The third-order valence-corrected chi connectivity index (χ3v) is 3.52. The molecule has 2 aliphatic heterocycles. The minimum atomic E-state index is -0.196. The normalized spacial score (nSPS) is 21.8. The quantitative estimate of drug-likeness (QED) is 0.781. The van der Waals surface area contributed by atoms with E-state index in [1.165, 1.54) is 0 Å². The maximum Gasteiger partial charge on any atom is 0.262 e. The van der Waals surface area contributed by atoms with Crippen molar-refractivity contribution in [3.63, 3.8) is 0 Å². The van der Waals surface area contributed by atoms with E-state index in [2.05, 4.69) is 17.6 Å². The lowest BCUT2D eigenvalue weighted by atomic mass is 10.1. The maximum atomic E-state index is 12.6. The Balaban J connectivity index is 1.88. The SMILES string of the molecule is C[C@@H]1CN(C(=O)c2cccc3c2OCC(=O)N3)CCN1. The molecule has 0 aromatic heterocycles. The van der Waals surface area contributed by atoms with Crippen molar-refractivity contribution in [1.82, 2.24) is 10.2 Å². The van der Waals surface area contributed by atoms with E-state index < -0.39 is 0 Å². The first-order valence-electron chi connectivity index (χ1n) is 6.73. The number of nitrogens with zero attached hydrogens (tertiary/aromatic N) is 1. The Hall–Kier alpha value is -2.08. The summed E-state index contributed by atoms with van der Waals surface area (Å²) in [6, 6.07) is 5.52. The zero-order valence-corrected chi connectivity index (χ0v) is 11.3. The number of carbonyl (C=O) groups is 2. The lowest BCUT2D eigenvalue weighted by molar-refractivity contribution is -0.118. The summed E-state index contributed by atoms with van der Waals surface area (Å²) in [4.78, 5) is 25.7. The molecule has 1 aromatic carbocycles. The van der Waals surface area contributed by atoms with Crippen LogP contribution in [0, 0.1) is 0 Å². The van der Waals surface area contributed by atoms with Gasteiger partial charge < -0.3 is 20.3 Å². The van der Waals surface area contributed by atoms with E-state index in [9.17, 15) is 9.59 Å². The fraction of sp³-hybridized carbons (Fsp3) is 0.429. The largest absolute Gasteiger partial charge is 0.481 e. The zero-order chi connectivity index (χ0) is 14.1. The van der Waals surface area contributed by atoms with Gasteiger partial charge >= 0.3 is 0 Å². The zero-order valence-electron chi connectivity index (χ0n) is 11.3. The number of benzene rings is 1. The minimum absolute atomic E-state index is 0.0464. The van der Waals surface area contributed by atoms with Crippen molar-refractivity contribution < 1.29 is 14.3 Å². The summed E-state index contributed by atoms with van der Waals surface area (Å²) in [5.41, 5.74) is 1.08. The van der Waals surface area contributed by atoms with Gasteiger partial charge in [0.2, 0.25) is 0 Å². The molecule has 0 saturated carbocycles. The fourth-order valence-electron chi connectivity index (χ4n) is 2.57. The number of fused-ring (bicyclic) bond motifs is 1. The Morgan fingerprint density at radius 1 is 1.45 bits per heavy atom. The van der Waals surface area contributed by atoms with Crippen molar-refractivity contribution in [1.29, 1.82) is 0 Å². The molecular formula is C14H17N3O3. The Bertz CT molecular complexity index is 559. The monoisotopic (exact) mass is 275 g/mol. The van der Waals surface area contributed by atoms with Crippen LogP contribution in [-0.2, 0) is 4.79 Å². The van der Waals surface area contributed by atoms with Crippen LogP contribution in [0.4, 0.5) is 5.69 Å². The number of para-hydroxylation sites is 1. The molecule has 2 aliphatic rings. The molecule has 0 bridgehead atoms. The van der Waals surface area contributed by atoms with Gasteiger partial charge in [0.1, 0.15) is 0 Å². The molecule has 1 fully saturated rings. The van der Waals surface area contributed by atoms with Gasteiger partial charge in [-0.15, -0.1) is 0 Å². The second-order valence-corrected chi connectivity index (χ2v) is 5.13. The number of anilines is 1. The van der Waals surface area contributed by atoms with Crippen molar-refractivity contribution in [2.45, 2.75) is 13.0 Å². The molecule has 0 unspecified atom stereocenters. The molecular weight excluding hydrogens is 258 g/mol. The molecule has 6 nitrogen and oxygen atoms in total. The molecule has 3 rings (SSSR count). The number of rotatable bonds is 1. The highest BCUT2D eigenvalue weighted by Gasteiger charge is 2.27. The molecule has 1 atom stereocenters. The highest BCUT2D eigenvalue weighted by molar-refractivity contribution is 6.03. The number of ether oxygens (including phenoxy) is 1. The Morgan fingerprint density at radius 2 is 2.30 bits per heavy atom. The minimum Gasteiger partial charge on any atom is -0.481 e. The standard InChI is InChI=1S/C14H17N3O3/c1-9-7-17(6-5-15-9)14(19)10-3-2-4-11-13(10)20-8-12(18)16-11/h2-4,9,15H,5-8H2,1H3,(H,16,18)/t9-/m1/s1. The molecule has 2 heterocycles. The molecule has 106 valence electrons. The lowest BCUT2D eigenvalue weighted by Gasteiger charge is -2.32. The van der Waals surface area contributed by atoms with Gasteiger partial charge in [-0.25, -0.2) is 0 Å². The highest BCUT2D eigenvalue weighted by atomic mass is 16.5. The van der Waals surface area contributed by atoms with Crippen molar-refractivity contribution in [2.75, 3.05) is 31.6 Å². The van der Waals surface area contributed by atoms with Crippen LogP contribution in [0.25, 0.3) is 0 Å². The fourth-order valence-corrected chi connectivity index (χ4v) is 2.57. The van der Waals surface area contributed by atoms with E-state index >= 15 is 0 Å². The third-order valence-electron chi connectivity index (χ3n) is 3.52. The molecule has 0 radical (unpaired) electrons. The Kier molecular flexibility index (Phi) is 3.31. The number of piperazine rings is 1. The van der Waals surface area contributed by atoms with Gasteiger partial charge in [-0.05, 0) is 19.1 Å². The molecule has 2 N–H and O–H groups in total. The van der Waals surface area contributed by atoms with Gasteiger partial charge in [-0.2, -0.15) is 0 Å². The summed E-state index contributed by atoms with van der Waals surface area (Å²) in [6.07, 6.45) is 0. The van der Waals surface area contributed by atoms with Gasteiger partial charge in [0.05, 0.1) is 11.3 Å². The van der Waals surface area contributed by atoms with Crippen molar-refractivity contribution >= 4 is 17.5 Å². The third kappa shape index (κ3) is 2.34. The Morgan fingerprint density at radius 3 is 3.10 bits per heavy atom. The van der Waals surface area contributed by atoms with Gasteiger partial charge in [0.25, 0.3) is 11.8 Å². The number of carbonyl (C=O) groups excluding carboxylic acids is 2. The topological polar surface area (TPSA) is 70.7 Å². The van der Waals surface area contributed by atoms with E-state index in [0.29, 0.717) is 30.1 Å². The molecule has 20 heavy (non-hydrogen) atoms. The first-order chi connectivity index (χ1) is 9.65. The number of hydrogen-bond acceptors (Lipinski definition) is 4. The summed E-state index contributed by atoms with van der Waals surface area (Å²) in [7, 11) is 0. The molecule has 0 aliphatic carbocycles. The predicted molar refractivity (Wildman–Crippen MR) is 73.9 cm³/mol. The second-order valence-electron chi connectivity index (χ2n) is 5.13. The summed E-state index contributed by atoms with van der Waals surface area (Å²) in [6.45, 7) is 4.15. The van der Waals surface area contributed by atoms with E-state index in [1.807, 2.05) is 4.90 Å². The molecule has 1 aromatic rings. The number of hydrogen-bond donors (Lipinski definition) is 2. The first-order valence-corrected chi connectivity index (χ1v) is 6.73. The van der Waals surface area contributed by atoms with E-state index in [0.717, 1.165) is 6.54 Å². The van der Waals surface area contributed by atoms with Gasteiger partial charge in [0, 0.05) is 25.7 Å². The van der Waals surface area contributed by atoms with Crippen LogP contribution in [0.1, 0.15) is 17.3 Å². The average Bonchev–Trinajstić information content (AvgIpc) is 2.45. The van der Waals surface area contributed by atoms with Crippen LogP contribution in [-0.4, -0.2) is 49.0 Å². The molecule has 6 heteroatoms. The van der Waals surface area contributed by atoms with E-state index in [-0.39, 0.29) is 24.5 Å². The van der Waals surface area contributed by atoms with E-state index in [1.54, 1.807) is 18.2 Å². The van der Waals surface area contributed by atoms with Crippen molar-refractivity contribution in [3.05, 3.63) is 23.8 Å².